The van der Waals surface area contributed by atoms with Crippen molar-refractivity contribution in [3.63, 3.8) is 0 Å². The fraction of sp³-hybridized carbons (Fsp3) is 0.889. The molecule has 4 aliphatic carbocycles. The summed E-state index contributed by atoms with van der Waals surface area (Å²) >= 11 is 0. The second-order valence-corrected chi connectivity index (χ2v) is 18.0. The Hall–Kier alpha value is -1.05. The molecule has 4 aliphatic rings. The fourth-order valence-corrected chi connectivity index (χ4v) is 11.3. The molecule has 0 aromatic heterocycles. The van der Waals surface area contributed by atoms with E-state index in [2.05, 4.69) is 59.8 Å². The van der Waals surface area contributed by atoms with Crippen LogP contribution < -0.4 is 0 Å². The second-order valence-electron chi connectivity index (χ2n) is 18.0. The number of unbranched alkanes of at least 4 members (excludes halogenated alkanes) is 11. The molecule has 0 radical (unpaired) electrons. The van der Waals surface area contributed by atoms with Crippen LogP contribution in [0.5, 0.6) is 0 Å². The zero-order valence-corrected chi connectivity index (χ0v) is 32.3. The molecule has 4 rings (SSSR count). The van der Waals surface area contributed by atoms with E-state index in [1.807, 2.05) is 0 Å². The zero-order valence-electron chi connectivity index (χ0n) is 32.3. The third kappa shape index (κ3) is 10.7. The maximum absolute atomic E-state index is 12.8. The number of carbonyl (C=O) groups excluding carboxylic acids is 1. The molecule has 0 aliphatic heterocycles. The average molecular weight is 651 g/mol. The van der Waals surface area contributed by atoms with Gasteiger partial charge < -0.3 is 4.74 Å². The van der Waals surface area contributed by atoms with Crippen LogP contribution in [0.2, 0.25) is 0 Å². The Labute approximate surface area is 293 Å². The molecule has 0 aromatic carbocycles. The van der Waals surface area contributed by atoms with E-state index in [-0.39, 0.29) is 12.1 Å². The molecule has 8 atom stereocenters. The van der Waals surface area contributed by atoms with Gasteiger partial charge in [0.2, 0.25) is 0 Å². The molecule has 3 fully saturated rings. The highest BCUT2D eigenvalue weighted by Gasteiger charge is 2.59. The largest absolute Gasteiger partial charge is 0.462 e. The number of fused-ring (bicyclic) bond motifs is 5. The summed E-state index contributed by atoms with van der Waals surface area (Å²) < 4.78 is 6.12. The summed E-state index contributed by atoms with van der Waals surface area (Å²) in [5.74, 6) is 5.31. The van der Waals surface area contributed by atoms with E-state index in [9.17, 15) is 4.79 Å². The molecule has 2 nitrogen and oxygen atoms in total. The highest BCUT2D eigenvalue weighted by atomic mass is 16.5. The first-order chi connectivity index (χ1) is 22.7. The van der Waals surface area contributed by atoms with Gasteiger partial charge in [-0.2, -0.15) is 0 Å². The van der Waals surface area contributed by atoms with Crippen molar-refractivity contribution in [1.82, 2.24) is 0 Å². The van der Waals surface area contributed by atoms with Crippen molar-refractivity contribution in [2.45, 2.75) is 208 Å². The summed E-state index contributed by atoms with van der Waals surface area (Å²) in [4.78, 5) is 12.8. The molecule has 47 heavy (non-hydrogen) atoms. The summed E-state index contributed by atoms with van der Waals surface area (Å²) in [5, 5.41) is 0. The van der Waals surface area contributed by atoms with Gasteiger partial charge in [0.1, 0.15) is 6.10 Å². The summed E-state index contributed by atoms with van der Waals surface area (Å²) in [7, 11) is 0. The van der Waals surface area contributed by atoms with Gasteiger partial charge in [0.25, 0.3) is 0 Å². The summed E-state index contributed by atoms with van der Waals surface area (Å²) in [6.07, 6.45) is 39.5. The lowest BCUT2D eigenvalue weighted by molar-refractivity contribution is -0.151. The molecule has 0 spiro atoms. The molecule has 270 valence electrons. The Balaban J connectivity index is 1.12. The van der Waals surface area contributed by atoms with Gasteiger partial charge in [-0.15, -0.1) is 0 Å². The minimum atomic E-state index is 0.0541. The van der Waals surface area contributed by atoms with Crippen molar-refractivity contribution < 1.29 is 9.53 Å². The maximum atomic E-state index is 12.8. The number of hydrogen-bond donors (Lipinski definition) is 0. The molecule has 0 saturated heterocycles. The van der Waals surface area contributed by atoms with Crippen molar-refractivity contribution in [2.24, 2.45) is 46.3 Å². The van der Waals surface area contributed by atoms with Crippen LogP contribution in [-0.4, -0.2) is 12.1 Å². The first-order valence-corrected chi connectivity index (χ1v) is 21.2. The lowest BCUT2D eigenvalue weighted by atomic mass is 9.47. The van der Waals surface area contributed by atoms with Crippen LogP contribution in [0.3, 0.4) is 0 Å². The van der Waals surface area contributed by atoms with Gasteiger partial charge in [-0.3, -0.25) is 4.79 Å². The van der Waals surface area contributed by atoms with E-state index in [1.54, 1.807) is 5.57 Å². The Bertz CT molecular complexity index is 976. The molecule has 0 amide bonds. The smallest absolute Gasteiger partial charge is 0.306 e. The minimum Gasteiger partial charge on any atom is -0.462 e. The zero-order chi connectivity index (χ0) is 33.7. The van der Waals surface area contributed by atoms with Crippen LogP contribution in [0.4, 0.5) is 0 Å². The van der Waals surface area contributed by atoms with Crippen LogP contribution in [0.25, 0.3) is 0 Å². The van der Waals surface area contributed by atoms with E-state index >= 15 is 0 Å². The molecule has 3 saturated carbocycles. The Morgan fingerprint density at radius 3 is 2.19 bits per heavy atom. The molecule has 0 heterocycles. The van der Waals surface area contributed by atoms with Crippen LogP contribution in [0.1, 0.15) is 202 Å². The lowest BCUT2D eigenvalue weighted by Crippen LogP contribution is -2.51. The SMILES string of the molecule is CCCCCCCC/C=C/CCCCCCCC(=O)O[C@H]1CC[C@@]2(C)C(=CC[C@@H]3[C@H]4CC[C@@H]([C@@H](C)CCCC(C)C)[C@]4(C)CC[C@H]32)C1. The number of esters is 1. The van der Waals surface area contributed by atoms with Gasteiger partial charge >= 0.3 is 5.97 Å². The Morgan fingerprint density at radius 2 is 1.49 bits per heavy atom. The van der Waals surface area contributed by atoms with E-state index in [0.29, 0.717) is 17.3 Å². The molecule has 0 bridgehead atoms. The van der Waals surface area contributed by atoms with Gasteiger partial charge in [0.05, 0.1) is 0 Å². The van der Waals surface area contributed by atoms with Crippen molar-refractivity contribution in [2.75, 3.05) is 0 Å². The predicted octanol–water partition coefficient (Wildman–Crippen LogP) is 14.0. The van der Waals surface area contributed by atoms with Gasteiger partial charge in [0.15, 0.2) is 0 Å². The average Bonchev–Trinajstić information content (AvgIpc) is 3.40. The topological polar surface area (TPSA) is 26.3 Å². The van der Waals surface area contributed by atoms with Crippen LogP contribution in [0.15, 0.2) is 23.8 Å². The summed E-state index contributed by atoms with van der Waals surface area (Å²) in [6.45, 7) is 14.9. The number of carbonyl (C=O) groups is 1. The lowest BCUT2D eigenvalue weighted by Gasteiger charge is -2.58. The molecule has 0 N–H and O–H groups in total. The standard InChI is InChI=1S/C45H78O2/c1-7-8-9-10-11-12-13-14-15-16-17-18-19-20-21-25-43(46)47-38-30-32-44(5)37(34-38)26-27-39-41-29-28-40(36(4)24-22-23-35(2)3)45(41,6)33-31-42(39)44/h14-15,26,35-36,38-42H,7-13,16-25,27-34H2,1-6H3/b15-14+/t36-,38-,39+,40-,41+,42+,44-,45-/m0/s1. The first-order valence-electron chi connectivity index (χ1n) is 21.2. The third-order valence-electron chi connectivity index (χ3n) is 14.2. The Kier molecular flexibility index (Phi) is 16.0. The van der Waals surface area contributed by atoms with E-state index in [4.69, 9.17) is 4.74 Å². The van der Waals surface area contributed by atoms with Gasteiger partial charge in [-0.25, -0.2) is 0 Å². The molecule has 2 heteroatoms. The fourth-order valence-electron chi connectivity index (χ4n) is 11.3. The highest BCUT2D eigenvalue weighted by Crippen LogP contribution is 2.67. The molecule has 0 aromatic rings. The molecule has 0 unspecified atom stereocenters. The van der Waals surface area contributed by atoms with Crippen LogP contribution in [0, 0.1) is 46.3 Å². The highest BCUT2D eigenvalue weighted by molar-refractivity contribution is 5.69. The second kappa shape index (κ2) is 19.4. The third-order valence-corrected chi connectivity index (χ3v) is 14.2. The van der Waals surface area contributed by atoms with Crippen LogP contribution in [-0.2, 0) is 9.53 Å². The first kappa shape index (κ1) is 38.7. The quantitative estimate of drug-likeness (QED) is 0.0702. The van der Waals surface area contributed by atoms with E-state index in [0.717, 1.165) is 61.2 Å². The number of allylic oxidation sites excluding steroid dienone is 3. The monoisotopic (exact) mass is 651 g/mol. The summed E-state index contributed by atoms with van der Waals surface area (Å²) in [5.41, 5.74) is 2.53. The van der Waals surface area contributed by atoms with Crippen LogP contribution >= 0.6 is 0 Å². The minimum absolute atomic E-state index is 0.0541. The predicted molar refractivity (Wildman–Crippen MR) is 202 cm³/mol. The number of rotatable bonds is 21. The van der Waals surface area contributed by atoms with E-state index in [1.165, 1.54) is 128 Å². The molecular formula is C45H78O2. The van der Waals surface area contributed by atoms with E-state index < -0.39 is 0 Å². The van der Waals surface area contributed by atoms with Gasteiger partial charge in [-0.05, 0) is 123 Å². The Morgan fingerprint density at radius 1 is 0.809 bits per heavy atom. The van der Waals surface area contributed by atoms with Gasteiger partial charge in [0, 0.05) is 12.8 Å². The van der Waals surface area contributed by atoms with Crippen molar-refractivity contribution in [3.8, 4) is 0 Å². The van der Waals surface area contributed by atoms with Crippen molar-refractivity contribution in [1.29, 1.82) is 0 Å². The van der Waals surface area contributed by atoms with Crippen molar-refractivity contribution >= 4 is 5.97 Å². The maximum Gasteiger partial charge on any atom is 0.306 e. The summed E-state index contributed by atoms with van der Waals surface area (Å²) in [6, 6.07) is 0. The number of ether oxygens (including phenoxy) is 1. The number of hydrogen-bond acceptors (Lipinski definition) is 2. The molecular weight excluding hydrogens is 572 g/mol. The van der Waals surface area contributed by atoms with Gasteiger partial charge in [-0.1, -0.05) is 136 Å². The normalized spacial score (nSPS) is 32.6. The van der Waals surface area contributed by atoms with Crippen molar-refractivity contribution in [3.05, 3.63) is 23.8 Å².